The van der Waals surface area contributed by atoms with Crippen LogP contribution in [0.1, 0.15) is 22.3 Å². The van der Waals surface area contributed by atoms with Gasteiger partial charge in [0.05, 0.1) is 0 Å². The van der Waals surface area contributed by atoms with Crippen LogP contribution >= 0.6 is 23.8 Å². The first kappa shape index (κ1) is 15.7. The third-order valence-electron chi connectivity index (χ3n) is 3.13. The van der Waals surface area contributed by atoms with E-state index in [2.05, 4.69) is 0 Å². The van der Waals surface area contributed by atoms with E-state index in [9.17, 15) is 4.39 Å². The lowest BCUT2D eigenvalue weighted by Gasteiger charge is -2.13. The molecule has 21 heavy (non-hydrogen) atoms. The van der Waals surface area contributed by atoms with Gasteiger partial charge in [-0.1, -0.05) is 23.8 Å². The summed E-state index contributed by atoms with van der Waals surface area (Å²) in [6, 6.07) is 8.13. The highest BCUT2D eigenvalue weighted by Crippen LogP contribution is 2.28. The highest BCUT2D eigenvalue weighted by Gasteiger charge is 2.10. The highest BCUT2D eigenvalue weighted by molar-refractivity contribution is 7.80. The fourth-order valence-electron chi connectivity index (χ4n) is 2.11. The van der Waals surface area contributed by atoms with Crippen molar-refractivity contribution in [2.75, 3.05) is 0 Å². The number of rotatable bonds is 4. The third-order valence-corrected chi connectivity index (χ3v) is 3.58. The van der Waals surface area contributed by atoms with E-state index in [1.807, 2.05) is 26.0 Å². The van der Waals surface area contributed by atoms with Gasteiger partial charge in [-0.25, -0.2) is 4.39 Å². The molecule has 5 heteroatoms. The van der Waals surface area contributed by atoms with Gasteiger partial charge in [0, 0.05) is 16.1 Å². The molecule has 0 aliphatic heterocycles. The van der Waals surface area contributed by atoms with Crippen molar-refractivity contribution in [1.29, 1.82) is 0 Å². The molecule has 2 aromatic rings. The molecule has 110 valence electrons. The second-order valence-electron chi connectivity index (χ2n) is 4.83. The largest absolute Gasteiger partial charge is 0.488 e. The van der Waals surface area contributed by atoms with Gasteiger partial charge >= 0.3 is 0 Å². The number of nitrogens with two attached hydrogens (primary N) is 1. The van der Waals surface area contributed by atoms with Gasteiger partial charge in [-0.15, -0.1) is 0 Å². The second-order valence-corrected chi connectivity index (χ2v) is 5.70. The van der Waals surface area contributed by atoms with Crippen LogP contribution in [0.2, 0.25) is 5.02 Å². The molecule has 0 saturated heterocycles. The maximum Gasteiger partial charge on any atom is 0.129 e. The number of aryl methyl sites for hydroxylation is 2. The zero-order valence-electron chi connectivity index (χ0n) is 11.7. The van der Waals surface area contributed by atoms with Crippen LogP contribution in [0.25, 0.3) is 0 Å². The first-order valence-corrected chi connectivity index (χ1v) is 7.15. The molecular weight excluding hydrogens is 309 g/mol. The predicted octanol–water partition coefficient (Wildman–Crippen LogP) is 4.31. The molecule has 0 aromatic heterocycles. The Kier molecular flexibility index (Phi) is 4.80. The van der Waals surface area contributed by atoms with Crippen LogP contribution in [0.3, 0.4) is 0 Å². The summed E-state index contributed by atoms with van der Waals surface area (Å²) in [4.78, 5) is 0.232. The molecular formula is C16H15ClFNOS. The van der Waals surface area contributed by atoms with E-state index in [0.717, 1.165) is 11.1 Å². The quantitative estimate of drug-likeness (QED) is 0.852. The first-order chi connectivity index (χ1) is 9.88. The van der Waals surface area contributed by atoms with Crippen molar-refractivity contribution in [2.24, 2.45) is 5.73 Å². The maximum atomic E-state index is 13.8. The molecule has 0 saturated carbocycles. The number of hydrogen-bond acceptors (Lipinski definition) is 2. The van der Waals surface area contributed by atoms with Gasteiger partial charge in [0.2, 0.25) is 0 Å². The summed E-state index contributed by atoms with van der Waals surface area (Å²) in [5.74, 6) is 0.360. The molecule has 2 N–H and O–H groups in total. The molecule has 0 fully saturated rings. The molecule has 0 atom stereocenters. The Morgan fingerprint density at radius 1 is 1.24 bits per heavy atom. The first-order valence-electron chi connectivity index (χ1n) is 6.36. The SMILES string of the molecule is Cc1cc(Cl)cc(C)c1OCc1cc(C(N)=S)ccc1F. The van der Waals surface area contributed by atoms with Crippen LogP contribution in [0, 0.1) is 19.7 Å². The summed E-state index contributed by atoms with van der Waals surface area (Å²) in [5.41, 5.74) is 8.41. The summed E-state index contributed by atoms with van der Waals surface area (Å²) in [7, 11) is 0. The van der Waals surface area contributed by atoms with Crippen molar-refractivity contribution in [3.8, 4) is 5.75 Å². The normalized spacial score (nSPS) is 10.5. The molecule has 2 nitrogen and oxygen atoms in total. The number of thiocarbonyl (C=S) groups is 1. The summed E-state index contributed by atoms with van der Waals surface area (Å²) < 4.78 is 19.6. The van der Waals surface area contributed by atoms with Crippen molar-refractivity contribution in [1.82, 2.24) is 0 Å². The molecule has 0 aliphatic carbocycles. The number of ether oxygens (including phenoxy) is 1. The van der Waals surface area contributed by atoms with E-state index in [-0.39, 0.29) is 17.4 Å². The van der Waals surface area contributed by atoms with E-state index in [1.165, 1.54) is 6.07 Å². The van der Waals surface area contributed by atoms with Crippen LogP contribution in [0.15, 0.2) is 30.3 Å². The summed E-state index contributed by atoms with van der Waals surface area (Å²) in [5, 5.41) is 0.652. The Morgan fingerprint density at radius 2 is 1.86 bits per heavy atom. The molecule has 2 rings (SSSR count). The third kappa shape index (κ3) is 3.71. The van der Waals surface area contributed by atoms with E-state index in [4.69, 9.17) is 34.3 Å². The van der Waals surface area contributed by atoms with Gasteiger partial charge < -0.3 is 10.5 Å². The maximum absolute atomic E-state index is 13.8. The number of hydrogen-bond donors (Lipinski definition) is 1. The van der Waals surface area contributed by atoms with Gasteiger partial charge in [0.1, 0.15) is 23.2 Å². The summed E-state index contributed by atoms with van der Waals surface area (Å²) >= 11 is 10.9. The Morgan fingerprint density at radius 3 is 2.43 bits per heavy atom. The van der Waals surface area contributed by atoms with Crippen LogP contribution < -0.4 is 10.5 Å². The van der Waals surface area contributed by atoms with Crippen molar-refractivity contribution >= 4 is 28.8 Å². The second kappa shape index (κ2) is 6.41. The van der Waals surface area contributed by atoms with Crippen molar-refractivity contribution in [3.63, 3.8) is 0 Å². The van der Waals surface area contributed by atoms with Crippen molar-refractivity contribution in [2.45, 2.75) is 20.5 Å². The lowest BCUT2D eigenvalue weighted by atomic mass is 10.1. The smallest absolute Gasteiger partial charge is 0.129 e. The van der Waals surface area contributed by atoms with Gasteiger partial charge in [0.25, 0.3) is 0 Å². The topological polar surface area (TPSA) is 35.2 Å². The Hall–Kier alpha value is -1.65. The molecule has 0 heterocycles. The molecule has 0 bridgehead atoms. The molecule has 0 aliphatic rings. The Labute approximate surface area is 133 Å². The predicted molar refractivity (Wildman–Crippen MR) is 87.5 cm³/mol. The number of benzene rings is 2. The fraction of sp³-hybridized carbons (Fsp3) is 0.188. The van der Waals surface area contributed by atoms with Gasteiger partial charge in [-0.05, 0) is 55.3 Å². The monoisotopic (exact) mass is 323 g/mol. The van der Waals surface area contributed by atoms with Crippen molar-refractivity contribution in [3.05, 3.63) is 63.4 Å². The van der Waals surface area contributed by atoms with E-state index >= 15 is 0 Å². The van der Waals surface area contributed by atoms with E-state index in [0.29, 0.717) is 21.9 Å². The standard InChI is InChI=1S/C16H15ClFNOS/c1-9-5-13(17)6-10(2)15(9)20-8-12-7-11(16(19)21)3-4-14(12)18/h3-7H,8H2,1-2H3,(H2,19,21). The average molecular weight is 324 g/mol. The van der Waals surface area contributed by atoms with Gasteiger partial charge in [-0.2, -0.15) is 0 Å². The zero-order chi connectivity index (χ0) is 15.6. The van der Waals surface area contributed by atoms with Crippen LogP contribution in [0.5, 0.6) is 5.75 Å². The lowest BCUT2D eigenvalue weighted by Crippen LogP contribution is -2.11. The minimum Gasteiger partial charge on any atom is -0.488 e. The molecule has 0 unspecified atom stereocenters. The van der Waals surface area contributed by atoms with E-state index < -0.39 is 0 Å². The average Bonchev–Trinajstić information content (AvgIpc) is 2.39. The van der Waals surface area contributed by atoms with E-state index in [1.54, 1.807) is 12.1 Å². The van der Waals surface area contributed by atoms with Gasteiger partial charge in [0.15, 0.2) is 0 Å². The molecule has 0 radical (unpaired) electrons. The lowest BCUT2D eigenvalue weighted by molar-refractivity contribution is 0.296. The molecule has 0 amide bonds. The minimum atomic E-state index is -0.348. The fourth-order valence-corrected chi connectivity index (χ4v) is 2.57. The highest BCUT2D eigenvalue weighted by atomic mass is 35.5. The zero-order valence-corrected chi connectivity index (χ0v) is 13.3. The van der Waals surface area contributed by atoms with Gasteiger partial charge in [-0.3, -0.25) is 0 Å². The van der Waals surface area contributed by atoms with Crippen LogP contribution in [0.4, 0.5) is 4.39 Å². The van der Waals surface area contributed by atoms with Crippen molar-refractivity contribution < 1.29 is 9.13 Å². The molecule has 2 aromatic carbocycles. The van der Waals surface area contributed by atoms with Crippen LogP contribution in [-0.2, 0) is 6.61 Å². The van der Waals surface area contributed by atoms with Crippen LogP contribution in [-0.4, -0.2) is 4.99 Å². The summed E-state index contributed by atoms with van der Waals surface area (Å²) in [6.07, 6.45) is 0. The minimum absolute atomic E-state index is 0.103. The Bertz CT molecular complexity index is 680. The number of halogens is 2. The summed E-state index contributed by atoms with van der Waals surface area (Å²) in [6.45, 7) is 3.90. The molecule has 0 spiro atoms. The Balaban J connectivity index is 2.24.